The van der Waals surface area contributed by atoms with Crippen molar-refractivity contribution in [2.45, 2.75) is 18.4 Å². The molecule has 5 nitrogen and oxygen atoms in total. The number of fused-ring (bicyclic) bond motifs is 1. The SMILES string of the molecule is O=C1CC(CNC(=O)[C@H](O)c2ccccc2Cl)c2ccccc2N1. The molecule has 2 atom stereocenters. The third-order valence-corrected chi connectivity index (χ3v) is 4.42. The lowest BCUT2D eigenvalue weighted by Crippen LogP contribution is -2.35. The van der Waals surface area contributed by atoms with Crippen LogP contribution in [0.3, 0.4) is 0 Å². The number of carbonyl (C=O) groups is 2. The van der Waals surface area contributed by atoms with Crippen molar-refractivity contribution in [1.82, 2.24) is 5.32 Å². The first-order valence-electron chi connectivity index (χ1n) is 7.65. The number of hydrogen-bond acceptors (Lipinski definition) is 3. The smallest absolute Gasteiger partial charge is 0.253 e. The summed E-state index contributed by atoms with van der Waals surface area (Å²) in [6.07, 6.45) is -1.05. The lowest BCUT2D eigenvalue weighted by atomic mass is 9.90. The van der Waals surface area contributed by atoms with Crippen molar-refractivity contribution < 1.29 is 14.7 Å². The molecule has 124 valence electrons. The van der Waals surface area contributed by atoms with Crippen LogP contribution in [0.4, 0.5) is 5.69 Å². The zero-order valence-corrected chi connectivity index (χ0v) is 13.6. The Hall–Kier alpha value is -2.37. The van der Waals surface area contributed by atoms with E-state index >= 15 is 0 Å². The minimum absolute atomic E-state index is 0.0837. The highest BCUT2D eigenvalue weighted by atomic mass is 35.5. The summed E-state index contributed by atoms with van der Waals surface area (Å²) in [7, 11) is 0. The van der Waals surface area contributed by atoms with E-state index in [1.165, 1.54) is 0 Å². The normalized spacial score (nSPS) is 17.6. The molecule has 3 rings (SSSR count). The van der Waals surface area contributed by atoms with Crippen molar-refractivity contribution in [3.63, 3.8) is 0 Å². The number of aliphatic hydroxyl groups excluding tert-OH is 1. The largest absolute Gasteiger partial charge is 0.378 e. The number of hydrogen-bond donors (Lipinski definition) is 3. The Bertz CT molecular complexity index is 778. The first kappa shape index (κ1) is 16.5. The molecule has 2 amide bonds. The van der Waals surface area contributed by atoms with Crippen molar-refractivity contribution in [2.75, 3.05) is 11.9 Å². The summed E-state index contributed by atoms with van der Waals surface area (Å²) in [5.41, 5.74) is 2.10. The molecule has 24 heavy (non-hydrogen) atoms. The van der Waals surface area contributed by atoms with E-state index in [2.05, 4.69) is 10.6 Å². The molecular weight excluding hydrogens is 328 g/mol. The summed E-state index contributed by atoms with van der Waals surface area (Å²) in [5, 5.41) is 16.0. The predicted molar refractivity (Wildman–Crippen MR) is 91.9 cm³/mol. The molecule has 0 saturated heterocycles. The Balaban J connectivity index is 1.69. The molecule has 1 aliphatic heterocycles. The fraction of sp³-hybridized carbons (Fsp3) is 0.222. The average molecular weight is 345 g/mol. The molecule has 0 bridgehead atoms. The number of carbonyl (C=O) groups excluding carboxylic acids is 2. The first-order valence-corrected chi connectivity index (χ1v) is 8.03. The third-order valence-electron chi connectivity index (χ3n) is 4.08. The van der Waals surface area contributed by atoms with Gasteiger partial charge in [0.2, 0.25) is 5.91 Å². The number of nitrogens with one attached hydrogen (secondary N) is 2. The molecule has 0 spiro atoms. The highest BCUT2D eigenvalue weighted by Crippen LogP contribution is 2.31. The monoisotopic (exact) mass is 344 g/mol. The molecule has 1 heterocycles. The van der Waals surface area contributed by atoms with Gasteiger partial charge in [-0.25, -0.2) is 0 Å². The number of amides is 2. The van der Waals surface area contributed by atoms with Gasteiger partial charge in [-0.15, -0.1) is 0 Å². The summed E-state index contributed by atoms with van der Waals surface area (Å²) in [6.45, 7) is 0.269. The van der Waals surface area contributed by atoms with Crippen LogP contribution >= 0.6 is 11.6 Å². The Kier molecular flexibility index (Phi) is 4.83. The maximum absolute atomic E-state index is 12.2. The summed E-state index contributed by atoms with van der Waals surface area (Å²) in [4.78, 5) is 24.0. The van der Waals surface area contributed by atoms with Crippen LogP contribution in [0.1, 0.15) is 29.6 Å². The molecule has 2 aromatic rings. The molecule has 0 fully saturated rings. The zero-order chi connectivity index (χ0) is 17.1. The van der Waals surface area contributed by atoms with Gasteiger partial charge >= 0.3 is 0 Å². The Morgan fingerprint density at radius 1 is 1.25 bits per heavy atom. The van der Waals surface area contributed by atoms with Gasteiger partial charge in [0.1, 0.15) is 0 Å². The lowest BCUT2D eigenvalue weighted by Gasteiger charge is -2.26. The maximum atomic E-state index is 12.2. The average Bonchev–Trinajstić information content (AvgIpc) is 2.59. The minimum atomic E-state index is -1.34. The molecule has 0 aliphatic carbocycles. The van der Waals surface area contributed by atoms with Crippen LogP contribution in [0.5, 0.6) is 0 Å². The first-order chi connectivity index (χ1) is 11.6. The van der Waals surface area contributed by atoms with E-state index in [1.54, 1.807) is 24.3 Å². The van der Waals surface area contributed by atoms with Gasteiger partial charge in [0.05, 0.1) is 0 Å². The topological polar surface area (TPSA) is 78.4 Å². The van der Waals surface area contributed by atoms with E-state index in [-0.39, 0.29) is 18.4 Å². The fourth-order valence-electron chi connectivity index (χ4n) is 2.84. The van der Waals surface area contributed by atoms with Crippen molar-refractivity contribution >= 4 is 29.1 Å². The molecular formula is C18H17ClN2O3. The number of aliphatic hydroxyl groups is 1. The van der Waals surface area contributed by atoms with Gasteiger partial charge in [-0.1, -0.05) is 48.0 Å². The lowest BCUT2D eigenvalue weighted by molar-refractivity contribution is -0.130. The standard InChI is InChI=1S/C18H17ClN2O3/c19-14-7-3-1-6-13(14)17(23)18(24)20-10-11-9-16(22)21-15-8-4-2-5-12(11)15/h1-8,11,17,23H,9-10H2,(H,20,24)(H,21,22)/t11?,17-/m1/s1. The van der Waals surface area contributed by atoms with Crippen LogP contribution < -0.4 is 10.6 Å². The van der Waals surface area contributed by atoms with Gasteiger partial charge in [0.15, 0.2) is 6.10 Å². The van der Waals surface area contributed by atoms with Gasteiger partial charge in [0.25, 0.3) is 5.91 Å². The summed E-state index contributed by atoms with van der Waals surface area (Å²) >= 11 is 6.01. The van der Waals surface area contributed by atoms with Crippen molar-refractivity contribution in [1.29, 1.82) is 0 Å². The van der Waals surface area contributed by atoms with E-state index < -0.39 is 12.0 Å². The quantitative estimate of drug-likeness (QED) is 0.797. The number of para-hydroxylation sites is 1. The summed E-state index contributed by atoms with van der Waals surface area (Å²) in [5.74, 6) is -0.747. The van der Waals surface area contributed by atoms with Crippen LogP contribution in [0, 0.1) is 0 Å². The molecule has 0 saturated carbocycles. The van der Waals surface area contributed by atoms with E-state index in [1.807, 2.05) is 24.3 Å². The molecule has 2 aromatic carbocycles. The number of rotatable bonds is 4. The van der Waals surface area contributed by atoms with Crippen LogP contribution in [-0.4, -0.2) is 23.5 Å². The van der Waals surface area contributed by atoms with E-state index in [0.29, 0.717) is 17.0 Å². The highest BCUT2D eigenvalue weighted by Gasteiger charge is 2.26. The third kappa shape index (κ3) is 3.42. The zero-order valence-electron chi connectivity index (χ0n) is 12.8. The predicted octanol–water partition coefficient (Wildman–Crippen LogP) is 2.62. The van der Waals surface area contributed by atoms with E-state index in [0.717, 1.165) is 11.3 Å². The second-order valence-electron chi connectivity index (χ2n) is 5.71. The summed E-state index contributed by atoms with van der Waals surface area (Å²) in [6, 6.07) is 14.2. The van der Waals surface area contributed by atoms with Gasteiger partial charge in [-0.2, -0.15) is 0 Å². The maximum Gasteiger partial charge on any atom is 0.253 e. The van der Waals surface area contributed by atoms with Crippen molar-refractivity contribution in [3.05, 3.63) is 64.7 Å². The van der Waals surface area contributed by atoms with E-state index in [4.69, 9.17) is 11.6 Å². The Morgan fingerprint density at radius 3 is 2.75 bits per heavy atom. The van der Waals surface area contributed by atoms with Crippen LogP contribution in [-0.2, 0) is 9.59 Å². The van der Waals surface area contributed by atoms with Gasteiger partial charge in [0, 0.05) is 35.2 Å². The minimum Gasteiger partial charge on any atom is -0.378 e. The Morgan fingerprint density at radius 2 is 1.96 bits per heavy atom. The van der Waals surface area contributed by atoms with Crippen molar-refractivity contribution in [2.24, 2.45) is 0 Å². The molecule has 6 heteroatoms. The number of anilines is 1. The Labute approximate surface area is 144 Å². The number of benzene rings is 2. The van der Waals surface area contributed by atoms with Gasteiger partial charge in [-0.3, -0.25) is 9.59 Å². The van der Waals surface area contributed by atoms with Crippen LogP contribution in [0.15, 0.2) is 48.5 Å². The van der Waals surface area contributed by atoms with E-state index in [9.17, 15) is 14.7 Å². The van der Waals surface area contributed by atoms with Gasteiger partial charge in [-0.05, 0) is 17.7 Å². The number of halogens is 1. The molecule has 1 unspecified atom stereocenters. The second-order valence-corrected chi connectivity index (χ2v) is 6.11. The summed E-state index contributed by atoms with van der Waals surface area (Å²) < 4.78 is 0. The van der Waals surface area contributed by atoms with Gasteiger partial charge < -0.3 is 15.7 Å². The molecule has 1 aliphatic rings. The fourth-order valence-corrected chi connectivity index (χ4v) is 3.08. The highest BCUT2D eigenvalue weighted by molar-refractivity contribution is 6.31. The van der Waals surface area contributed by atoms with Crippen molar-refractivity contribution in [3.8, 4) is 0 Å². The van der Waals surface area contributed by atoms with Crippen LogP contribution in [0.2, 0.25) is 5.02 Å². The second kappa shape index (κ2) is 7.03. The molecule has 0 aromatic heterocycles. The molecule has 0 radical (unpaired) electrons. The van der Waals surface area contributed by atoms with Crippen LogP contribution in [0.25, 0.3) is 0 Å². The molecule has 3 N–H and O–H groups in total.